The van der Waals surface area contributed by atoms with Crippen LogP contribution in [0.5, 0.6) is 0 Å². The molecule has 1 saturated carbocycles. The van der Waals surface area contributed by atoms with Crippen molar-refractivity contribution in [2.75, 3.05) is 4.72 Å². The third kappa shape index (κ3) is 5.38. The molecule has 30 heavy (non-hydrogen) atoms. The molecule has 0 aliphatic heterocycles. The molecule has 10 heteroatoms. The summed E-state index contributed by atoms with van der Waals surface area (Å²) in [4.78, 5) is 12.5. The van der Waals surface area contributed by atoms with Crippen LogP contribution >= 0.6 is 0 Å². The molecular weight excluding hydrogens is 426 g/mol. The predicted molar refractivity (Wildman–Crippen MR) is 114 cm³/mol. The van der Waals surface area contributed by atoms with E-state index >= 15 is 0 Å². The Labute approximate surface area is 177 Å². The van der Waals surface area contributed by atoms with Gasteiger partial charge in [0, 0.05) is 17.3 Å². The lowest BCUT2D eigenvalue weighted by atomic mass is 9.95. The van der Waals surface area contributed by atoms with Crippen LogP contribution in [0.3, 0.4) is 0 Å². The summed E-state index contributed by atoms with van der Waals surface area (Å²) in [7, 11) is -7.85. The number of carbonyl (C=O) groups excluding carboxylic acids is 1. The van der Waals surface area contributed by atoms with E-state index in [4.69, 9.17) is 5.14 Å². The second-order valence-electron chi connectivity index (χ2n) is 7.46. The fourth-order valence-corrected chi connectivity index (χ4v) is 5.05. The van der Waals surface area contributed by atoms with Crippen molar-refractivity contribution in [3.8, 4) is 0 Å². The van der Waals surface area contributed by atoms with Crippen molar-refractivity contribution in [2.24, 2.45) is 5.14 Å². The van der Waals surface area contributed by atoms with E-state index < -0.39 is 20.0 Å². The van der Waals surface area contributed by atoms with E-state index in [1.165, 1.54) is 42.8 Å². The van der Waals surface area contributed by atoms with E-state index in [0.717, 1.165) is 25.7 Å². The van der Waals surface area contributed by atoms with Gasteiger partial charge in [0.15, 0.2) is 0 Å². The number of hydrogen-bond donors (Lipinski definition) is 3. The monoisotopic (exact) mass is 451 g/mol. The number of nitrogens with two attached hydrogens (primary N) is 1. The highest BCUT2D eigenvalue weighted by molar-refractivity contribution is 7.92. The summed E-state index contributed by atoms with van der Waals surface area (Å²) in [5, 5.41) is 8.05. The Balaban J connectivity index is 1.80. The minimum absolute atomic E-state index is 0.0579. The molecule has 162 valence electrons. The number of rotatable bonds is 6. The molecule has 1 amide bonds. The minimum Gasteiger partial charge on any atom is -0.349 e. The summed E-state index contributed by atoms with van der Waals surface area (Å²) >= 11 is 0. The van der Waals surface area contributed by atoms with E-state index in [-0.39, 0.29) is 27.4 Å². The molecular formula is C20H25N3O5S2. The Hall–Kier alpha value is -2.43. The quantitative estimate of drug-likeness (QED) is 0.620. The van der Waals surface area contributed by atoms with Gasteiger partial charge in [0.05, 0.1) is 9.79 Å². The molecule has 1 aliphatic rings. The highest BCUT2D eigenvalue weighted by atomic mass is 32.2. The number of aryl methyl sites for hydroxylation is 1. The summed E-state index contributed by atoms with van der Waals surface area (Å²) in [6.45, 7) is 1.76. The van der Waals surface area contributed by atoms with E-state index in [2.05, 4.69) is 10.0 Å². The smallest absolute Gasteiger partial charge is 0.261 e. The first-order valence-electron chi connectivity index (χ1n) is 9.63. The molecule has 0 spiro atoms. The largest absolute Gasteiger partial charge is 0.349 e. The van der Waals surface area contributed by atoms with Crippen molar-refractivity contribution in [2.45, 2.75) is 54.9 Å². The number of amides is 1. The van der Waals surface area contributed by atoms with E-state index in [9.17, 15) is 21.6 Å². The zero-order valence-corrected chi connectivity index (χ0v) is 18.2. The molecule has 0 saturated heterocycles. The van der Waals surface area contributed by atoms with Crippen molar-refractivity contribution in [3.05, 3.63) is 53.6 Å². The lowest BCUT2D eigenvalue weighted by Crippen LogP contribution is -2.36. The van der Waals surface area contributed by atoms with Crippen LogP contribution < -0.4 is 15.2 Å². The zero-order valence-electron chi connectivity index (χ0n) is 16.6. The van der Waals surface area contributed by atoms with E-state index in [0.29, 0.717) is 11.1 Å². The molecule has 1 aliphatic carbocycles. The zero-order chi connectivity index (χ0) is 21.9. The first kappa shape index (κ1) is 22.3. The Morgan fingerprint density at radius 2 is 1.53 bits per heavy atom. The SMILES string of the molecule is Cc1ccc(S(=O)(=O)Nc2ccc(S(N)(=O)=O)cc2)cc1C(=O)NC1CCCCC1. The van der Waals surface area contributed by atoms with Gasteiger partial charge >= 0.3 is 0 Å². The summed E-state index contributed by atoms with van der Waals surface area (Å²) < 4.78 is 50.6. The number of primary sulfonamides is 1. The van der Waals surface area contributed by atoms with Crippen LogP contribution in [0.15, 0.2) is 52.3 Å². The molecule has 0 atom stereocenters. The van der Waals surface area contributed by atoms with Crippen molar-refractivity contribution in [1.29, 1.82) is 0 Å². The topological polar surface area (TPSA) is 135 Å². The van der Waals surface area contributed by atoms with Crippen molar-refractivity contribution >= 4 is 31.6 Å². The van der Waals surface area contributed by atoms with Gasteiger partial charge in [-0.3, -0.25) is 9.52 Å². The Morgan fingerprint density at radius 3 is 2.13 bits per heavy atom. The second kappa shape index (κ2) is 8.75. The Morgan fingerprint density at radius 1 is 0.933 bits per heavy atom. The first-order chi connectivity index (χ1) is 14.1. The first-order valence-corrected chi connectivity index (χ1v) is 12.7. The summed E-state index contributed by atoms with van der Waals surface area (Å²) in [6, 6.07) is 9.53. The fourth-order valence-electron chi connectivity index (χ4n) is 3.45. The van der Waals surface area contributed by atoms with Crippen molar-refractivity contribution in [1.82, 2.24) is 5.32 Å². The van der Waals surface area contributed by atoms with Crippen molar-refractivity contribution in [3.63, 3.8) is 0 Å². The van der Waals surface area contributed by atoms with E-state index in [1.807, 2.05) is 0 Å². The Bertz CT molecular complexity index is 1140. The number of hydrogen-bond acceptors (Lipinski definition) is 5. The van der Waals surface area contributed by atoms with Crippen LogP contribution in [0.2, 0.25) is 0 Å². The summed E-state index contributed by atoms with van der Waals surface area (Å²) in [5.74, 6) is -0.283. The third-order valence-corrected chi connectivity index (χ3v) is 7.45. The van der Waals surface area contributed by atoms with Gasteiger partial charge in [-0.25, -0.2) is 22.0 Å². The molecule has 8 nitrogen and oxygen atoms in total. The van der Waals surface area contributed by atoms with Gasteiger partial charge in [-0.2, -0.15) is 0 Å². The lowest BCUT2D eigenvalue weighted by Gasteiger charge is -2.23. The van der Waals surface area contributed by atoms with Crippen LogP contribution in [0, 0.1) is 6.92 Å². The van der Waals surface area contributed by atoms with Gasteiger partial charge in [0.1, 0.15) is 0 Å². The molecule has 2 aromatic rings. The molecule has 0 aromatic heterocycles. The highest BCUT2D eigenvalue weighted by Gasteiger charge is 2.21. The van der Waals surface area contributed by atoms with Crippen LogP contribution in [-0.2, 0) is 20.0 Å². The van der Waals surface area contributed by atoms with E-state index in [1.54, 1.807) is 13.0 Å². The number of nitrogens with one attached hydrogen (secondary N) is 2. The van der Waals surface area contributed by atoms with Crippen LogP contribution in [0.1, 0.15) is 48.0 Å². The van der Waals surface area contributed by atoms with Crippen molar-refractivity contribution < 1.29 is 21.6 Å². The molecule has 0 heterocycles. The van der Waals surface area contributed by atoms with Gasteiger partial charge in [0.25, 0.3) is 15.9 Å². The standard InChI is InChI=1S/C20H25N3O5S2/c1-14-7-10-18(13-19(14)20(24)22-15-5-3-2-4-6-15)30(27,28)23-16-8-11-17(12-9-16)29(21,25)26/h7-13,15,23H,2-6H2,1H3,(H,22,24)(H2,21,25,26). The predicted octanol–water partition coefficient (Wildman–Crippen LogP) is 2.51. The maximum absolute atomic E-state index is 12.8. The van der Waals surface area contributed by atoms with Gasteiger partial charge in [-0.15, -0.1) is 0 Å². The van der Waals surface area contributed by atoms with Crippen LogP contribution in [-0.4, -0.2) is 28.8 Å². The van der Waals surface area contributed by atoms with Crippen LogP contribution in [0.4, 0.5) is 5.69 Å². The highest BCUT2D eigenvalue weighted by Crippen LogP contribution is 2.22. The maximum Gasteiger partial charge on any atom is 0.261 e. The minimum atomic E-state index is -3.98. The molecule has 0 unspecified atom stereocenters. The normalized spacial score (nSPS) is 15.5. The number of anilines is 1. The molecule has 2 aromatic carbocycles. The number of sulfonamides is 2. The molecule has 4 N–H and O–H groups in total. The molecule has 0 bridgehead atoms. The summed E-state index contributed by atoms with van der Waals surface area (Å²) in [5.41, 5.74) is 1.17. The third-order valence-electron chi connectivity index (χ3n) is 5.14. The van der Waals surface area contributed by atoms with Gasteiger partial charge < -0.3 is 5.32 Å². The van der Waals surface area contributed by atoms with Crippen LogP contribution in [0.25, 0.3) is 0 Å². The average Bonchev–Trinajstić information content (AvgIpc) is 2.68. The fraction of sp³-hybridized carbons (Fsp3) is 0.350. The number of carbonyl (C=O) groups is 1. The van der Waals surface area contributed by atoms with Gasteiger partial charge in [-0.05, 0) is 61.7 Å². The summed E-state index contributed by atoms with van der Waals surface area (Å²) in [6.07, 6.45) is 5.18. The second-order valence-corrected chi connectivity index (χ2v) is 10.7. The van der Waals surface area contributed by atoms with Gasteiger partial charge in [0.2, 0.25) is 10.0 Å². The molecule has 3 rings (SSSR count). The lowest BCUT2D eigenvalue weighted by molar-refractivity contribution is 0.0927. The molecule has 0 radical (unpaired) electrons. The molecule has 1 fully saturated rings. The Kier molecular flexibility index (Phi) is 6.49. The van der Waals surface area contributed by atoms with Gasteiger partial charge in [-0.1, -0.05) is 25.3 Å². The number of benzene rings is 2. The average molecular weight is 452 g/mol. The maximum atomic E-state index is 12.8.